The van der Waals surface area contributed by atoms with E-state index >= 15 is 0 Å². The zero-order chi connectivity index (χ0) is 26.6. The van der Waals surface area contributed by atoms with Crippen LogP contribution >= 0.6 is 0 Å². The highest BCUT2D eigenvalue weighted by Gasteiger charge is 2.60. The van der Waals surface area contributed by atoms with Gasteiger partial charge in [-0.05, 0) is 67.4 Å². The van der Waals surface area contributed by atoms with Crippen molar-refractivity contribution in [2.24, 2.45) is 5.92 Å². The second-order valence-electron chi connectivity index (χ2n) is 9.21. The summed E-state index contributed by atoms with van der Waals surface area (Å²) in [6.07, 6.45) is 1.01. The van der Waals surface area contributed by atoms with Crippen molar-refractivity contribution in [3.8, 4) is 17.2 Å². The molecule has 198 valence electrons. The summed E-state index contributed by atoms with van der Waals surface area (Å²) in [7, 11) is 1.57. The van der Waals surface area contributed by atoms with E-state index in [1.165, 1.54) is 4.90 Å². The number of nitrogens with zero attached hydrogens (tertiary/aromatic N) is 2. The van der Waals surface area contributed by atoms with Gasteiger partial charge in [0, 0.05) is 0 Å². The molecular formula is C30H32N2O6. The zero-order valence-corrected chi connectivity index (χ0v) is 21.8. The largest absolute Gasteiger partial charge is 0.497 e. The van der Waals surface area contributed by atoms with E-state index in [1.807, 2.05) is 55.5 Å². The van der Waals surface area contributed by atoms with Gasteiger partial charge < -0.3 is 14.2 Å². The lowest BCUT2D eigenvalue weighted by molar-refractivity contribution is -0.126. The maximum atomic E-state index is 13.9. The number of hydrogen-bond donors (Lipinski definition) is 0. The molecule has 0 radical (unpaired) electrons. The number of hydrogen-bond acceptors (Lipinski definition) is 7. The molecule has 2 aliphatic heterocycles. The molecule has 0 aliphatic carbocycles. The number of hydroxylamine groups is 1. The second-order valence-corrected chi connectivity index (χ2v) is 9.21. The smallest absolute Gasteiger partial charge is 0.266 e. The Morgan fingerprint density at radius 3 is 2.29 bits per heavy atom. The van der Waals surface area contributed by atoms with E-state index in [2.05, 4.69) is 6.92 Å². The van der Waals surface area contributed by atoms with E-state index in [0.29, 0.717) is 36.1 Å². The van der Waals surface area contributed by atoms with Crippen molar-refractivity contribution in [1.82, 2.24) is 0 Å². The van der Waals surface area contributed by atoms with Crippen LogP contribution in [0.5, 0.6) is 17.2 Å². The highest BCUT2D eigenvalue weighted by molar-refractivity contribution is 6.23. The van der Waals surface area contributed by atoms with E-state index in [1.54, 1.807) is 36.4 Å². The molecule has 8 heteroatoms. The summed E-state index contributed by atoms with van der Waals surface area (Å²) in [6.45, 7) is 5.08. The van der Waals surface area contributed by atoms with E-state index < -0.39 is 24.0 Å². The molecule has 8 nitrogen and oxygen atoms in total. The van der Waals surface area contributed by atoms with E-state index in [-0.39, 0.29) is 5.91 Å². The predicted molar refractivity (Wildman–Crippen MR) is 144 cm³/mol. The molecule has 0 bridgehead atoms. The van der Waals surface area contributed by atoms with Gasteiger partial charge in [0.15, 0.2) is 17.6 Å². The van der Waals surface area contributed by atoms with E-state index in [4.69, 9.17) is 19.0 Å². The number of rotatable bonds is 10. The number of imide groups is 1. The molecule has 0 aromatic heterocycles. The van der Waals surface area contributed by atoms with Crippen molar-refractivity contribution in [2.45, 2.75) is 38.8 Å². The highest BCUT2D eigenvalue weighted by atomic mass is 16.7. The van der Waals surface area contributed by atoms with Crippen molar-refractivity contribution in [2.75, 3.05) is 30.3 Å². The Balaban J connectivity index is 1.54. The topological polar surface area (TPSA) is 77.5 Å². The van der Waals surface area contributed by atoms with E-state index in [9.17, 15) is 9.59 Å². The van der Waals surface area contributed by atoms with Crippen LogP contribution in [-0.2, 0) is 14.4 Å². The number of anilines is 2. The van der Waals surface area contributed by atoms with Crippen LogP contribution in [0, 0.1) is 5.92 Å². The molecular weight excluding hydrogens is 484 g/mol. The fraction of sp³-hybridized carbons (Fsp3) is 0.333. The first kappa shape index (κ1) is 25.6. The fourth-order valence-corrected chi connectivity index (χ4v) is 4.96. The quantitative estimate of drug-likeness (QED) is 0.266. The van der Waals surface area contributed by atoms with E-state index in [0.717, 1.165) is 24.1 Å². The van der Waals surface area contributed by atoms with Crippen molar-refractivity contribution in [3.63, 3.8) is 0 Å². The maximum absolute atomic E-state index is 13.9. The van der Waals surface area contributed by atoms with Gasteiger partial charge in [0.2, 0.25) is 5.91 Å². The molecule has 2 fully saturated rings. The molecule has 5 rings (SSSR count). The molecule has 0 unspecified atom stereocenters. The SMILES string of the molecule is CCCCOc1ccc([C@@H]2[C@@H]3C(=O)N(c4ccc(OC)cc4)C(=O)[C@H]3ON2c2ccccc2)cc1OCC. The minimum Gasteiger partial charge on any atom is -0.497 e. The van der Waals surface area contributed by atoms with Gasteiger partial charge in [-0.25, -0.2) is 9.96 Å². The first-order chi connectivity index (χ1) is 18.6. The molecule has 0 N–H and O–H groups in total. The predicted octanol–water partition coefficient (Wildman–Crippen LogP) is 5.32. The average molecular weight is 517 g/mol. The summed E-state index contributed by atoms with van der Waals surface area (Å²) in [4.78, 5) is 34.9. The number of unbranched alkanes of at least 4 members (excludes halogenated alkanes) is 1. The summed E-state index contributed by atoms with van der Waals surface area (Å²) in [5.74, 6) is 0.446. The molecule has 3 aromatic rings. The minimum absolute atomic E-state index is 0.310. The maximum Gasteiger partial charge on any atom is 0.266 e. The number of benzene rings is 3. The summed E-state index contributed by atoms with van der Waals surface area (Å²) >= 11 is 0. The lowest BCUT2D eigenvalue weighted by Gasteiger charge is -2.29. The molecule has 2 heterocycles. The number of amides is 2. The molecule has 0 saturated carbocycles. The van der Waals surface area contributed by atoms with Crippen LogP contribution in [0.3, 0.4) is 0 Å². The molecule has 3 aromatic carbocycles. The van der Waals surface area contributed by atoms with Crippen LogP contribution < -0.4 is 24.2 Å². The van der Waals surface area contributed by atoms with Crippen molar-refractivity contribution < 1.29 is 28.6 Å². The fourth-order valence-electron chi connectivity index (χ4n) is 4.96. The third kappa shape index (κ3) is 4.67. The number of ether oxygens (including phenoxy) is 3. The minimum atomic E-state index is -0.953. The molecule has 38 heavy (non-hydrogen) atoms. The van der Waals surface area contributed by atoms with Gasteiger partial charge in [-0.3, -0.25) is 14.4 Å². The van der Waals surface area contributed by atoms with Crippen LogP contribution in [0.15, 0.2) is 72.8 Å². The summed E-state index contributed by atoms with van der Waals surface area (Å²) in [6, 6.07) is 21.5. The Kier molecular flexibility index (Phi) is 7.51. The molecule has 3 atom stereocenters. The monoisotopic (exact) mass is 516 g/mol. The number of para-hydroxylation sites is 1. The summed E-state index contributed by atoms with van der Waals surface area (Å²) in [5.41, 5.74) is 2.04. The second kappa shape index (κ2) is 11.1. The lowest BCUT2D eigenvalue weighted by atomic mass is 9.90. The van der Waals surface area contributed by atoms with Crippen LogP contribution in [0.25, 0.3) is 0 Å². The third-order valence-electron chi connectivity index (χ3n) is 6.82. The first-order valence-electron chi connectivity index (χ1n) is 13.0. The van der Waals surface area contributed by atoms with Gasteiger partial charge in [0.1, 0.15) is 11.7 Å². The zero-order valence-electron chi connectivity index (χ0n) is 21.8. The van der Waals surface area contributed by atoms with Crippen molar-refractivity contribution in [3.05, 3.63) is 78.4 Å². The highest BCUT2D eigenvalue weighted by Crippen LogP contribution is 2.48. The third-order valence-corrected chi connectivity index (χ3v) is 6.82. The van der Waals surface area contributed by atoms with Crippen molar-refractivity contribution in [1.29, 1.82) is 0 Å². The van der Waals surface area contributed by atoms with Crippen LogP contribution in [0.2, 0.25) is 0 Å². The number of fused-ring (bicyclic) bond motifs is 1. The van der Waals surface area contributed by atoms with Gasteiger partial charge >= 0.3 is 0 Å². The Bertz CT molecular complexity index is 1280. The van der Waals surface area contributed by atoms with Crippen LogP contribution in [-0.4, -0.2) is 38.2 Å². The van der Waals surface area contributed by atoms with Gasteiger partial charge in [-0.15, -0.1) is 0 Å². The average Bonchev–Trinajstić information content (AvgIpc) is 3.46. The summed E-state index contributed by atoms with van der Waals surface area (Å²) in [5, 5.41) is 1.68. The lowest BCUT2D eigenvalue weighted by Crippen LogP contribution is -2.37. The number of methoxy groups -OCH3 is 1. The van der Waals surface area contributed by atoms with Crippen LogP contribution in [0.1, 0.15) is 38.3 Å². The molecule has 2 saturated heterocycles. The first-order valence-corrected chi connectivity index (χ1v) is 13.0. The normalized spacial score (nSPS) is 20.6. The molecule has 0 spiro atoms. The Morgan fingerprint density at radius 2 is 1.61 bits per heavy atom. The Labute approximate surface area is 222 Å². The van der Waals surface area contributed by atoms with Crippen molar-refractivity contribution >= 4 is 23.2 Å². The number of carbonyl (C=O) groups is 2. The summed E-state index contributed by atoms with van der Waals surface area (Å²) < 4.78 is 17.1. The van der Waals surface area contributed by atoms with Gasteiger partial charge in [-0.1, -0.05) is 37.6 Å². The van der Waals surface area contributed by atoms with Gasteiger partial charge in [-0.2, -0.15) is 0 Å². The Morgan fingerprint density at radius 1 is 0.842 bits per heavy atom. The van der Waals surface area contributed by atoms with Gasteiger partial charge in [0.05, 0.1) is 37.7 Å². The molecule has 2 aliphatic rings. The van der Waals surface area contributed by atoms with Crippen LogP contribution in [0.4, 0.5) is 11.4 Å². The Hall–Kier alpha value is -4.04. The van der Waals surface area contributed by atoms with Gasteiger partial charge in [0.25, 0.3) is 5.91 Å². The standard InChI is InChI=1S/C30H32N2O6/c1-4-6-18-37-24-17-12-20(19-25(24)36-5-2)27-26-28(38-32(27)22-10-8-7-9-11-22)30(34)31(29(26)33)21-13-15-23(35-3)16-14-21/h7-17,19,26-28H,4-6,18H2,1-3H3/t26-,27+,28-/m0/s1. The molecule has 2 amide bonds. The number of carbonyl (C=O) groups excluding carboxylic acids is 2.